The van der Waals surface area contributed by atoms with Crippen molar-refractivity contribution in [1.82, 2.24) is 10.6 Å². The molecule has 0 aliphatic heterocycles. The number of halogens is 1. The van der Waals surface area contributed by atoms with E-state index in [4.69, 9.17) is 0 Å². The van der Waals surface area contributed by atoms with Crippen LogP contribution in [0.25, 0.3) is 0 Å². The van der Waals surface area contributed by atoms with Crippen LogP contribution in [0.4, 0.5) is 10.5 Å². The average Bonchev–Trinajstić information content (AvgIpc) is 2.55. The highest BCUT2D eigenvalue weighted by molar-refractivity contribution is 14.1. The van der Waals surface area contributed by atoms with Crippen molar-refractivity contribution in [3.63, 3.8) is 0 Å². The molecule has 24 heavy (non-hydrogen) atoms. The Labute approximate surface area is 157 Å². The lowest BCUT2D eigenvalue weighted by Crippen LogP contribution is -2.43. The van der Waals surface area contributed by atoms with Gasteiger partial charge in [-0.3, -0.25) is 4.79 Å². The predicted octanol–water partition coefficient (Wildman–Crippen LogP) is 3.95. The van der Waals surface area contributed by atoms with Gasteiger partial charge in [-0.25, -0.2) is 4.79 Å². The molecule has 1 aliphatic rings. The molecule has 5 nitrogen and oxygen atoms in total. The summed E-state index contributed by atoms with van der Waals surface area (Å²) in [4.78, 5) is 23.8. The van der Waals surface area contributed by atoms with Gasteiger partial charge in [0.1, 0.15) is 0 Å². The van der Waals surface area contributed by atoms with E-state index >= 15 is 0 Å². The van der Waals surface area contributed by atoms with Crippen LogP contribution >= 0.6 is 22.6 Å². The Morgan fingerprint density at radius 3 is 2.67 bits per heavy atom. The fourth-order valence-corrected chi connectivity index (χ4v) is 3.56. The predicted molar refractivity (Wildman–Crippen MR) is 105 cm³/mol. The summed E-state index contributed by atoms with van der Waals surface area (Å²) in [6.45, 7) is 2.49. The first-order valence-electron chi connectivity index (χ1n) is 8.65. The van der Waals surface area contributed by atoms with Crippen LogP contribution in [0.3, 0.4) is 0 Å². The maximum Gasteiger partial charge on any atom is 0.315 e. The van der Waals surface area contributed by atoms with Crippen molar-refractivity contribution in [2.45, 2.75) is 57.9 Å². The molecule has 0 saturated heterocycles. The third-order valence-corrected chi connectivity index (χ3v) is 4.94. The van der Waals surface area contributed by atoms with Gasteiger partial charge in [0.2, 0.25) is 5.91 Å². The summed E-state index contributed by atoms with van der Waals surface area (Å²) in [5.74, 6) is -0.0196. The number of hydrogen-bond acceptors (Lipinski definition) is 2. The van der Waals surface area contributed by atoms with Gasteiger partial charge >= 0.3 is 6.03 Å². The standard InChI is InChI=1S/C18H26IN3O2/c1-13-12-14(19)9-10-16(13)22-17(23)8-5-11-20-18(24)21-15-6-3-2-4-7-15/h9-10,12,15H,2-8,11H2,1H3,(H,22,23)(H2,20,21,24). The quantitative estimate of drug-likeness (QED) is 0.461. The molecule has 3 N–H and O–H groups in total. The minimum absolute atomic E-state index is 0.0196. The summed E-state index contributed by atoms with van der Waals surface area (Å²) in [7, 11) is 0. The number of nitrogens with one attached hydrogen (secondary N) is 3. The normalized spacial score (nSPS) is 14.9. The van der Waals surface area contributed by atoms with Crippen LogP contribution in [0.5, 0.6) is 0 Å². The average molecular weight is 443 g/mol. The van der Waals surface area contributed by atoms with Crippen molar-refractivity contribution in [2.24, 2.45) is 0 Å². The lowest BCUT2D eigenvalue weighted by atomic mass is 9.96. The topological polar surface area (TPSA) is 70.2 Å². The Bertz CT molecular complexity index is 571. The Balaban J connectivity index is 1.61. The number of carbonyl (C=O) groups excluding carboxylic acids is 2. The number of aryl methyl sites for hydroxylation is 1. The second-order valence-electron chi connectivity index (χ2n) is 6.35. The summed E-state index contributed by atoms with van der Waals surface area (Å²) < 4.78 is 1.15. The number of rotatable bonds is 6. The first kappa shape index (κ1) is 19.0. The molecule has 0 radical (unpaired) electrons. The highest BCUT2D eigenvalue weighted by atomic mass is 127. The minimum Gasteiger partial charge on any atom is -0.338 e. The van der Waals surface area contributed by atoms with Crippen LogP contribution in [0.1, 0.15) is 50.5 Å². The van der Waals surface area contributed by atoms with E-state index in [2.05, 4.69) is 38.5 Å². The van der Waals surface area contributed by atoms with Gasteiger partial charge in [-0.2, -0.15) is 0 Å². The van der Waals surface area contributed by atoms with E-state index in [9.17, 15) is 9.59 Å². The second kappa shape index (κ2) is 9.86. The molecule has 0 heterocycles. The Morgan fingerprint density at radius 1 is 1.21 bits per heavy atom. The number of benzene rings is 1. The molecule has 1 fully saturated rings. The highest BCUT2D eigenvalue weighted by Crippen LogP contribution is 2.18. The van der Waals surface area contributed by atoms with Gasteiger partial charge in [0.15, 0.2) is 0 Å². The third-order valence-electron chi connectivity index (χ3n) is 4.27. The molecule has 1 aromatic rings. The van der Waals surface area contributed by atoms with Gasteiger partial charge in [0.25, 0.3) is 0 Å². The maximum absolute atomic E-state index is 12.0. The van der Waals surface area contributed by atoms with Crippen molar-refractivity contribution in [3.8, 4) is 0 Å². The van der Waals surface area contributed by atoms with E-state index < -0.39 is 0 Å². The zero-order chi connectivity index (χ0) is 17.4. The van der Waals surface area contributed by atoms with E-state index in [-0.39, 0.29) is 11.9 Å². The number of urea groups is 1. The van der Waals surface area contributed by atoms with E-state index in [1.165, 1.54) is 19.3 Å². The number of carbonyl (C=O) groups is 2. The number of amides is 3. The minimum atomic E-state index is -0.115. The molecule has 0 atom stereocenters. The van der Waals surface area contributed by atoms with E-state index in [1.54, 1.807) is 0 Å². The SMILES string of the molecule is Cc1cc(I)ccc1NC(=O)CCCNC(=O)NC1CCCCC1. The smallest absolute Gasteiger partial charge is 0.315 e. The van der Waals surface area contributed by atoms with Gasteiger partial charge in [0.05, 0.1) is 0 Å². The molecule has 2 rings (SSSR count). The summed E-state index contributed by atoms with van der Waals surface area (Å²) in [6.07, 6.45) is 6.85. The molecule has 0 unspecified atom stereocenters. The highest BCUT2D eigenvalue weighted by Gasteiger charge is 2.15. The molecular formula is C18H26IN3O2. The lowest BCUT2D eigenvalue weighted by Gasteiger charge is -2.22. The molecular weight excluding hydrogens is 417 g/mol. The van der Waals surface area contributed by atoms with Crippen LogP contribution < -0.4 is 16.0 Å². The van der Waals surface area contributed by atoms with E-state index in [0.29, 0.717) is 25.4 Å². The summed E-state index contributed by atoms with van der Waals surface area (Å²) in [5.41, 5.74) is 1.91. The molecule has 1 saturated carbocycles. The van der Waals surface area contributed by atoms with Crippen molar-refractivity contribution < 1.29 is 9.59 Å². The fourth-order valence-electron chi connectivity index (χ4n) is 2.91. The van der Waals surface area contributed by atoms with Gasteiger partial charge in [-0.1, -0.05) is 19.3 Å². The van der Waals surface area contributed by atoms with Crippen molar-refractivity contribution >= 4 is 40.2 Å². The Hall–Kier alpha value is -1.31. The Kier molecular flexibility index (Phi) is 7.81. The molecule has 0 bridgehead atoms. The van der Waals surface area contributed by atoms with Crippen LogP contribution in [-0.4, -0.2) is 24.5 Å². The molecule has 3 amide bonds. The van der Waals surface area contributed by atoms with Gasteiger partial charge in [-0.15, -0.1) is 0 Å². The molecule has 6 heteroatoms. The van der Waals surface area contributed by atoms with Gasteiger partial charge < -0.3 is 16.0 Å². The molecule has 0 aromatic heterocycles. The van der Waals surface area contributed by atoms with Gasteiger partial charge in [-0.05, 0) is 72.5 Å². The third kappa shape index (κ3) is 6.67. The first-order chi connectivity index (χ1) is 11.5. The van der Waals surface area contributed by atoms with E-state index in [1.807, 2.05) is 25.1 Å². The number of hydrogen-bond donors (Lipinski definition) is 3. The van der Waals surface area contributed by atoms with Crippen molar-refractivity contribution in [1.29, 1.82) is 0 Å². The molecule has 1 aliphatic carbocycles. The summed E-state index contributed by atoms with van der Waals surface area (Å²) in [6, 6.07) is 6.13. The summed E-state index contributed by atoms with van der Waals surface area (Å²) in [5, 5.41) is 8.77. The Morgan fingerprint density at radius 2 is 1.96 bits per heavy atom. The van der Waals surface area contributed by atoms with Gasteiger partial charge in [0, 0.05) is 28.3 Å². The van der Waals surface area contributed by atoms with Crippen LogP contribution in [0.2, 0.25) is 0 Å². The molecule has 0 spiro atoms. The van der Waals surface area contributed by atoms with Crippen molar-refractivity contribution in [2.75, 3.05) is 11.9 Å². The zero-order valence-electron chi connectivity index (χ0n) is 14.2. The summed E-state index contributed by atoms with van der Waals surface area (Å²) >= 11 is 2.25. The van der Waals surface area contributed by atoms with E-state index in [0.717, 1.165) is 27.7 Å². The first-order valence-corrected chi connectivity index (χ1v) is 9.73. The monoisotopic (exact) mass is 443 g/mol. The van der Waals surface area contributed by atoms with Crippen molar-refractivity contribution in [3.05, 3.63) is 27.3 Å². The molecule has 132 valence electrons. The largest absolute Gasteiger partial charge is 0.338 e. The van der Waals surface area contributed by atoms with Crippen LogP contribution in [0, 0.1) is 10.5 Å². The van der Waals surface area contributed by atoms with Crippen LogP contribution in [-0.2, 0) is 4.79 Å². The van der Waals surface area contributed by atoms with Crippen LogP contribution in [0.15, 0.2) is 18.2 Å². The second-order valence-corrected chi connectivity index (χ2v) is 7.59. The lowest BCUT2D eigenvalue weighted by molar-refractivity contribution is -0.116. The maximum atomic E-state index is 12.0. The zero-order valence-corrected chi connectivity index (χ0v) is 16.3. The fraction of sp³-hybridized carbons (Fsp3) is 0.556. The molecule has 1 aromatic carbocycles. The number of anilines is 1.